The van der Waals surface area contributed by atoms with E-state index in [0.717, 1.165) is 16.7 Å². The quantitative estimate of drug-likeness (QED) is 0.772. The van der Waals surface area contributed by atoms with Gasteiger partial charge in [-0.1, -0.05) is 17.7 Å². The highest BCUT2D eigenvalue weighted by Gasteiger charge is 2.01. The van der Waals surface area contributed by atoms with Crippen LogP contribution < -0.4 is 5.32 Å². The van der Waals surface area contributed by atoms with Crippen molar-refractivity contribution in [3.8, 4) is 0 Å². The Labute approximate surface area is 88.9 Å². The summed E-state index contributed by atoms with van der Waals surface area (Å²) in [6.07, 6.45) is 3.38. The molecule has 15 heavy (non-hydrogen) atoms. The van der Waals surface area contributed by atoms with Crippen LogP contribution >= 0.6 is 0 Å². The van der Waals surface area contributed by atoms with E-state index >= 15 is 0 Å². The minimum Gasteiger partial charge on any atom is -0.366 e. The first-order chi connectivity index (χ1) is 7.31. The Morgan fingerprint density at radius 1 is 1.40 bits per heavy atom. The van der Waals surface area contributed by atoms with E-state index in [1.807, 2.05) is 18.2 Å². The minimum absolute atomic E-state index is 0.708. The fourth-order valence-corrected chi connectivity index (χ4v) is 1.48. The van der Waals surface area contributed by atoms with Crippen LogP contribution in [0.2, 0.25) is 0 Å². The van der Waals surface area contributed by atoms with Crippen molar-refractivity contribution < 1.29 is 0 Å². The van der Waals surface area contributed by atoms with Crippen molar-refractivity contribution in [2.24, 2.45) is 0 Å². The molecular formula is C12H13N3. The Bertz CT molecular complexity index is 491. The summed E-state index contributed by atoms with van der Waals surface area (Å²) in [6.45, 7) is 6.44. The smallest absolute Gasteiger partial charge is 0.137 e. The molecule has 0 aliphatic rings. The molecule has 0 atom stereocenters. The van der Waals surface area contributed by atoms with Crippen molar-refractivity contribution in [1.29, 1.82) is 0 Å². The highest BCUT2D eigenvalue weighted by molar-refractivity contribution is 5.89. The molecule has 0 unspecified atom stereocenters. The molecule has 1 aromatic heterocycles. The molecule has 2 aromatic rings. The maximum Gasteiger partial charge on any atom is 0.137 e. The fourth-order valence-electron chi connectivity index (χ4n) is 1.48. The van der Waals surface area contributed by atoms with Gasteiger partial charge in [0.25, 0.3) is 0 Å². The van der Waals surface area contributed by atoms with Gasteiger partial charge in [-0.25, -0.2) is 9.97 Å². The zero-order chi connectivity index (χ0) is 10.7. The first kappa shape index (κ1) is 9.65. The van der Waals surface area contributed by atoms with E-state index in [1.54, 1.807) is 6.33 Å². The summed E-state index contributed by atoms with van der Waals surface area (Å²) in [6, 6.07) is 6.14. The lowest BCUT2D eigenvalue weighted by Crippen LogP contribution is -2.01. The van der Waals surface area contributed by atoms with E-state index in [0.29, 0.717) is 6.54 Å². The molecule has 0 radical (unpaired) electrons. The van der Waals surface area contributed by atoms with Crippen LogP contribution in [0.25, 0.3) is 10.9 Å². The lowest BCUT2D eigenvalue weighted by Gasteiger charge is -2.06. The van der Waals surface area contributed by atoms with Crippen molar-refractivity contribution in [1.82, 2.24) is 9.97 Å². The van der Waals surface area contributed by atoms with E-state index in [4.69, 9.17) is 0 Å². The standard InChI is InChI=1S/C12H13N3/c1-3-6-13-12-10-7-9(2)4-5-11(10)14-8-15-12/h3-5,7-8H,1,6H2,2H3,(H,13,14,15). The van der Waals surface area contributed by atoms with Gasteiger partial charge in [0.15, 0.2) is 0 Å². The Balaban J connectivity index is 2.52. The number of aromatic nitrogens is 2. The number of benzene rings is 1. The lowest BCUT2D eigenvalue weighted by atomic mass is 10.1. The number of aryl methyl sites for hydroxylation is 1. The normalized spacial score (nSPS) is 10.2. The second kappa shape index (κ2) is 4.09. The van der Waals surface area contributed by atoms with Gasteiger partial charge in [-0.15, -0.1) is 6.58 Å². The molecule has 0 spiro atoms. The van der Waals surface area contributed by atoms with Crippen molar-refractivity contribution in [2.45, 2.75) is 6.92 Å². The fraction of sp³-hybridized carbons (Fsp3) is 0.167. The van der Waals surface area contributed by atoms with E-state index in [9.17, 15) is 0 Å². The third-order valence-electron chi connectivity index (χ3n) is 2.20. The highest BCUT2D eigenvalue weighted by atomic mass is 15.0. The summed E-state index contributed by atoms with van der Waals surface area (Å²) in [7, 11) is 0. The van der Waals surface area contributed by atoms with Crippen LogP contribution in [0.5, 0.6) is 0 Å². The van der Waals surface area contributed by atoms with Crippen LogP contribution in [0.1, 0.15) is 5.56 Å². The Kier molecular flexibility index (Phi) is 2.63. The summed E-state index contributed by atoms with van der Waals surface area (Å²) >= 11 is 0. The van der Waals surface area contributed by atoms with Gasteiger partial charge in [0.1, 0.15) is 12.1 Å². The molecule has 0 saturated heterocycles. The number of fused-ring (bicyclic) bond motifs is 1. The second-order valence-electron chi connectivity index (χ2n) is 3.41. The van der Waals surface area contributed by atoms with Crippen LogP contribution in [-0.4, -0.2) is 16.5 Å². The first-order valence-electron chi connectivity index (χ1n) is 4.87. The molecule has 0 fully saturated rings. The zero-order valence-electron chi connectivity index (χ0n) is 8.70. The average Bonchev–Trinajstić information content (AvgIpc) is 2.26. The monoisotopic (exact) mass is 199 g/mol. The summed E-state index contributed by atoms with van der Waals surface area (Å²) < 4.78 is 0. The van der Waals surface area contributed by atoms with E-state index in [2.05, 4.69) is 34.9 Å². The largest absolute Gasteiger partial charge is 0.366 e. The van der Waals surface area contributed by atoms with E-state index in [1.165, 1.54) is 5.56 Å². The molecule has 1 aromatic carbocycles. The van der Waals surface area contributed by atoms with Gasteiger partial charge < -0.3 is 5.32 Å². The van der Waals surface area contributed by atoms with Crippen molar-refractivity contribution in [3.05, 3.63) is 42.7 Å². The van der Waals surface area contributed by atoms with Crippen molar-refractivity contribution in [3.63, 3.8) is 0 Å². The Morgan fingerprint density at radius 2 is 2.27 bits per heavy atom. The summed E-state index contributed by atoms with van der Waals surface area (Å²) in [4.78, 5) is 8.43. The van der Waals surface area contributed by atoms with Gasteiger partial charge in [0.2, 0.25) is 0 Å². The highest BCUT2D eigenvalue weighted by Crippen LogP contribution is 2.19. The molecule has 2 rings (SSSR count). The molecule has 3 heteroatoms. The summed E-state index contributed by atoms with van der Waals surface area (Å²) in [5.74, 6) is 0.864. The molecule has 0 amide bonds. The molecule has 76 valence electrons. The Morgan fingerprint density at radius 3 is 3.07 bits per heavy atom. The number of rotatable bonds is 3. The van der Waals surface area contributed by atoms with E-state index < -0.39 is 0 Å². The number of nitrogens with zero attached hydrogens (tertiary/aromatic N) is 2. The molecule has 1 heterocycles. The lowest BCUT2D eigenvalue weighted by molar-refractivity contribution is 1.18. The molecular weight excluding hydrogens is 186 g/mol. The van der Waals surface area contributed by atoms with E-state index in [-0.39, 0.29) is 0 Å². The third-order valence-corrected chi connectivity index (χ3v) is 2.20. The maximum atomic E-state index is 4.22. The van der Waals surface area contributed by atoms with Gasteiger partial charge in [0.05, 0.1) is 5.52 Å². The molecule has 3 nitrogen and oxygen atoms in total. The topological polar surface area (TPSA) is 37.8 Å². The van der Waals surface area contributed by atoms with Crippen LogP contribution in [0.3, 0.4) is 0 Å². The predicted molar refractivity (Wildman–Crippen MR) is 63.0 cm³/mol. The van der Waals surface area contributed by atoms with Crippen LogP contribution in [0.15, 0.2) is 37.2 Å². The molecule has 1 N–H and O–H groups in total. The average molecular weight is 199 g/mol. The third kappa shape index (κ3) is 1.96. The zero-order valence-corrected chi connectivity index (χ0v) is 8.70. The van der Waals surface area contributed by atoms with Crippen LogP contribution in [0.4, 0.5) is 5.82 Å². The first-order valence-corrected chi connectivity index (χ1v) is 4.87. The van der Waals surface area contributed by atoms with Gasteiger partial charge in [-0.2, -0.15) is 0 Å². The predicted octanol–water partition coefficient (Wildman–Crippen LogP) is 2.54. The van der Waals surface area contributed by atoms with Gasteiger partial charge in [0, 0.05) is 11.9 Å². The number of hydrogen-bond acceptors (Lipinski definition) is 3. The number of anilines is 1. The van der Waals surface area contributed by atoms with Crippen LogP contribution in [0, 0.1) is 6.92 Å². The minimum atomic E-state index is 0.708. The van der Waals surface area contributed by atoms with Gasteiger partial charge >= 0.3 is 0 Å². The van der Waals surface area contributed by atoms with Crippen LogP contribution in [-0.2, 0) is 0 Å². The molecule has 0 aliphatic heterocycles. The van der Waals surface area contributed by atoms with Gasteiger partial charge in [-0.3, -0.25) is 0 Å². The number of hydrogen-bond donors (Lipinski definition) is 1. The van der Waals surface area contributed by atoms with Crippen molar-refractivity contribution in [2.75, 3.05) is 11.9 Å². The summed E-state index contributed by atoms with van der Waals surface area (Å²) in [5, 5.41) is 4.25. The SMILES string of the molecule is C=CCNc1ncnc2ccc(C)cc12. The second-order valence-corrected chi connectivity index (χ2v) is 3.41. The van der Waals surface area contributed by atoms with Crippen molar-refractivity contribution >= 4 is 16.7 Å². The summed E-state index contributed by atoms with van der Waals surface area (Å²) in [5.41, 5.74) is 2.17. The molecule has 0 aliphatic carbocycles. The molecule has 0 saturated carbocycles. The number of nitrogens with one attached hydrogen (secondary N) is 1. The maximum absolute atomic E-state index is 4.22. The van der Waals surface area contributed by atoms with Gasteiger partial charge in [-0.05, 0) is 19.1 Å². The molecule has 0 bridgehead atoms. The Hall–Kier alpha value is -1.90.